The first kappa shape index (κ1) is 23.3. The zero-order chi connectivity index (χ0) is 24.6. The Morgan fingerprint density at radius 1 is 0.657 bits per heavy atom. The number of fused-ring (bicyclic) bond motifs is 6. The van der Waals surface area contributed by atoms with Crippen LogP contribution in [0.1, 0.15) is 34.7 Å². The van der Waals surface area contributed by atoms with Crippen molar-refractivity contribution in [1.29, 1.82) is 0 Å². The molecule has 1 heterocycles. The summed E-state index contributed by atoms with van der Waals surface area (Å²) >= 11 is 0. The molecule has 0 fully saturated rings. The minimum Gasteiger partial charge on any atom is -0.418 e. The van der Waals surface area contributed by atoms with E-state index in [1.807, 2.05) is 0 Å². The Morgan fingerprint density at radius 3 is 1.97 bits per heavy atom. The van der Waals surface area contributed by atoms with Crippen molar-refractivity contribution in [2.45, 2.75) is 39.0 Å². The first-order valence-corrected chi connectivity index (χ1v) is 12.1. The summed E-state index contributed by atoms with van der Waals surface area (Å²) in [4.78, 5) is 3.98. The van der Waals surface area contributed by atoms with E-state index in [4.69, 9.17) is 0 Å². The van der Waals surface area contributed by atoms with E-state index in [9.17, 15) is 17.3 Å². The highest BCUT2D eigenvalue weighted by atomic mass is 19.5. The third-order valence-electron chi connectivity index (χ3n) is 6.96. The second-order valence-electron chi connectivity index (χ2n) is 9.03. The van der Waals surface area contributed by atoms with Gasteiger partial charge in [-0.25, -0.2) is 4.98 Å². The SMILES string of the molecule is CCc1cccc2c1-c1[nH+]c3c(c(-c4ccccc4)c1CC2)CCc1ccccc1-3.F[B-](F)(F)F. The molecule has 0 atom stereocenters. The average molecular weight is 475 g/mol. The topological polar surface area (TPSA) is 14.1 Å². The van der Waals surface area contributed by atoms with Crippen LogP contribution in [0.3, 0.4) is 0 Å². The molecule has 2 aliphatic rings. The fraction of sp³-hybridized carbons (Fsp3) is 0.207. The average Bonchev–Trinajstić information content (AvgIpc) is 2.86. The molecule has 0 bridgehead atoms. The van der Waals surface area contributed by atoms with Crippen LogP contribution in [0.25, 0.3) is 33.6 Å². The van der Waals surface area contributed by atoms with Gasteiger partial charge in [-0.05, 0) is 60.4 Å². The molecule has 0 saturated carbocycles. The Morgan fingerprint density at radius 2 is 1.26 bits per heavy atom. The molecule has 6 rings (SSSR count). The lowest BCUT2D eigenvalue weighted by molar-refractivity contribution is -0.352. The number of benzene rings is 3. The first-order chi connectivity index (χ1) is 16.8. The van der Waals surface area contributed by atoms with Crippen molar-refractivity contribution in [3.05, 3.63) is 101 Å². The van der Waals surface area contributed by atoms with Gasteiger partial charge in [0.05, 0.1) is 5.56 Å². The lowest BCUT2D eigenvalue weighted by Crippen LogP contribution is -2.25. The molecule has 178 valence electrons. The van der Waals surface area contributed by atoms with E-state index < -0.39 is 7.25 Å². The van der Waals surface area contributed by atoms with Gasteiger partial charge in [0, 0.05) is 22.3 Å². The largest absolute Gasteiger partial charge is 0.673 e. The number of aromatic nitrogens is 1. The van der Waals surface area contributed by atoms with Gasteiger partial charge in [0.15, 0.2) is 0 Å². The maximum absolute atomic E-state index is 9.75. The highest BCUT2D eigenvalue weighted by Gasteiger charge is 2.34. The van der Waals surface area contributed by atoms with Crippen LogP contribution in [0, 0.1) is 0 Å². The number of nitrogens with one attached hydrogen (secondary N) is 1. The molecule has 1 nitrogen and oxygen atoms in total. The van der Waals surface area contributed by atoms with Crippen LogP contribution in [-0.2, 0) is 32.1 Å². The number of rotatable bonds is 2. The summed E-state index contributed by atoms with van der Waals surface area (Å²) in [5.74, 6) is 0. The van der Waals surface area contributed by atoms with Crippen LogP contribution in [0.4, 0.5) is 17.3 Å². The van der Waals surface area contributed by atoms with Gasteiger partial charge < -0.3 is 17.3 Å². The quantitative estimate of drug-likeness (QED) is 0.210. The van der Waals surface area contributed by atoms with Crippen molar-refractivity contribution >= 4 is 7.25 Å². The number of H-pyrrole nitrogens is 1. The standard InChI is InChI=1S/C29H25N.BF4/c1-2-19-12-8-13-22-16-18-25-27(21-10-4-3-5-11-21)24-17-15-20-9-6-7-14-23(20)28(24)30-29(25)26(19)22;2-1(3,4)5/h3-14H,2,15-18H2,1H3;/q;-1/p+1. The molecule has 0 amide bonds. The maximum atomic E-state index is 9.75. The Balaban J connectivity index is 0.000000464. The highest BCUT2D eigenvalue weighted by molar-refractivity contribution is 6.50. The van der Waals surface area contributed by atoms with Gasteiger partial charge in [-0.15, -0.1) is 0 Å². The maximum Gasteiger partial charge on any atom is 0.673 e. The van der Waals surface area contributed by atoms with E-state index in [1.54, 1.807) is 0 Å². The van der Waals surface area contributed by atoms with Crippen LogP contribution < -0.4 is 4.98 Å². The van der Waals surface area contributed by atoms with E-state index in [0.717, 1.165) is 32.1 Å². The number of hydrogen-bond acceptors (Lipinski definition) is 0. The molecule has 3 aromatic carbocycles. The van der Waals surface area contributed by atoms with Crippen molar-refractivity contribution in [3.8, 4) is 33.6 Å². The molecule has 6 heteroatoms. The smallest absolute Gasteiger partial charge is 0.418 e. The lowest BCUT2D eigenvalue weighted by Gasteiger charge is -2.26. The summed E-state index contributed by atoms with van der Waals surface area (Å²) in [7, 11) is -6.00. The monoisotopic (exact) mass is 475 g/mol. The molecule has 1 aromatic heterocycles. The summed E-state index contributed by atoms with van der Waals surface area (Å²) in [5, 5.41) is 0. The number of aryl methyl sites for hydroxylation is 3. The van der Waals surface area contributed by atoms with Crippen molar-refractivity contribution in [2.24, 2.45) is 0 Å². The Kier molecular flexibility index (Phi) is 6.22. The predicted octanol–water partition coefficient (Wildman–Crippen LogP) is 7.56. The molecule has 4 aromatic rings. The number of hydrogen-bond donors (Lipinski definition) is 0. The van der Waals surface area contributed by atoms with E-state index in [2.05, 4.69) is 84.7 Å². The molecule has 0 saturated heterocycles. The van der Waals surface area contributed by atoms with Gasteiger partial charge in [0.2, 0.25) is 11.4 Å². The molecular weight excluding hydrogens is 449 g/mol. The van der Waals surface area contributed by atoms with E-state index in [-0.39, 0.29) is 0 Å². The van der Waals surface area contributed by atoms with E-state index in [0.29, 0.717) is 0 Å². The highest BCUT2D eigenvalue weighted by Crippen LogP contribution is 2.44. The van der Waals surface area contributed by atoms with Crippen LogP contribution in [-0.4, -0.2) is 7.25 Å². The van der Waals surface area contributed by atoms with Crippen molar-refractivity contribution in [1.82, 2.24) is 0 Å². The minimum atomic E-state index is -6.00. The predicted molar refractivity (Wildman–Crippen MR) is 134 cm³/mol. The Bertz CT molecular complexity index is 1360. The molecule has 2 aliphatic carbocycles. The fourth-order valence-corrected chi connectivity index (χ4v) is 5.58. The molecule has 0 unspecified atom stereocenters. The van der Waals surface area contributed by atoms with Crippen molar-refractivity contribution in [2.75, 3.05) is 0 Å². The van der Waals surface area contributed by atoms with Crippen LogP contribution >= 0.6 is 0 Å². The summed E-state index contributed by atoms with van der Waals surface area (Å²) in [6, 6.07) is 26.8. The van der Waals surface area contributed by atoms with Crippen LogP contribution in [0.2, 0.25) is 0 Å². The normalized spacial score (nSPS) is 13.5. The Labute approximate surface area is 203 Å². The van der Waals surface area contributed by atoms with Crippen LogP contribution in [0.5, 0.6) is 0 Å². The summed E-state index contributed by atoms with van der Waals surface area (Å²) < 4.78 is 39.0. The van der Waals surface area contributed by atoms with Gasteiger partial charge in [-0.1, -0.05) is 73.7 Å². The lowest BCUT2D eigenvalue weighted by atomic mass is 9.77. The van der Waals surface area contributed by atoms with Gasteiger partial charge >= 0.3 is 7.25 Å². The van der Waals surface area contributed by atoms with Gasteiger partial charge in [0.1, 0.15) is 0 Å². The zero-order valence-corrected chi connectivity index (χ0v) is 19.6. The molecule has 0 spiro atoms. The van der Waals surface area contributed by atoms with Crippen LogP contribution in [0.15, 0.2) is 72.8 Å². The first-order valence-electron chi connectivity index (χ1n) is 12.1. The second-order valence-corrected chi connectivity index (χ2v) is 9.03. The third-order valence-corrected chi connectivity index (χ3v) is 6.96. The minimum absolute atomic E-state index is 1.06. The van der Waals surface area contributed by atoms with E-state index in [1.165, 1.54) is 61.5 Å². The molecule has 35 heavy (non-hydrogen) atoms. The number of pyridine rings is 1. The van der Waals surface area contributed by atoms with Gasteiger partial charge in [-0.3, -0.25) is 0 Å². The van der Waals surface area contributed by atoms with E-state index >= 15 is 0 Å². The third kappa shape index (κ3) is 4.62. The summed E-state index contributed by atoms with van der Waals surface area (Å²) in [6.07, 6.45) is 5.50. The fourth-order valence-electron chi connectivity index (χ4n) is 5.58. The van der Waals surface area contributed by atoms with Gasteiger partial charge in [-0.2, -0.15) is 0 Å². The second kappa shape index (κ2) is 9.33. The molecule has 0 radical (unpaired) electrons. The van der Waals surface area contributed by atoms with Crippen molar-refractivity contribution in [3.63, 3.8) is 0 Å². The zero-order valence-electron chi connectivity index (χ0n) is 19.6. The number of aromatic amines is 1. The number of halogens is 4. The molecule has 0 aliphatic heterocycles. The summed E-state index contributed by atoms with van der Waals surface area (Å²) in [6.45, 7) is 2.27. The molecular formula is C29H26BF4N. The molecule has 1 N–H and O–H groups in total. The summed E-state index contributed by atoms with van der Waals surface area (Å²) in [5.41, 5.74) is 15.7. The van der Waals surface area contributed by atoms with Gasteiger partial charge in [0.25, 0.3) is 0 Å². The van der Waals surface area contributed by atoms with Crippen molar-refractivity contribution < 1.29 is 22.2 Å². The Hall–Kier alpha value is -3.41.